The molecule has 1 aromatic heterocycles. The van der Waals surface area contributed by atoms with Crippen LogP contribution in [0.4, 0.5) is 8.78 Å². The van der Waals surface area contributed by atoms with Crippen molar-refractivity contribution in [1.82, 2.24) is 25.8 Å². The normalized spacial score (nSPS) is 19.4. The van der Waals surface area contributed by atoms with Crippen molar-refractivity contribution in [3.63, 3.8) is 0 Å². The summed E-state index contributed by atoms with van der Waals surface area (Å²) in [4.78, 5) is 90.1. The van der Waals surface area contributed by atoms with Crippen LogP contribution in [0.1, 0.15) is 91.0 Å². The van der Waals surface area contributed by atoms with E-state index in [2.05, 4.69) is 20.9 Å². The summed E-state index contributed by atoms with van der Waals surface area (Å²) in [5, 5.41) is 8.75. The zero-order valence-corrected chi connectivity index (χ0v) is 31.8. The quantitative estimate of drug-likeness (QED) is 0.0899. The Labute approximate surface area is 327 Å². The highest BCUT2D eigenvalue weighted by Crippen LogP contribution is 2.59. The van der Waals surface area contributed by atoms with Gasteiger partial charge in [0.25, 0.3) is 5.91 Å². The topological polar surface area (TPSA) is 224 Å². The lowest BCUT2D eigenvalue weighted by molar-refractivity contribution is -0.143. The fourth-order valence-electron chi connectivity index (χ4n) is 7.68. The van der Waals surface area contributed by atoms with Gasteiger partial charge in [0.15, 0.2) is 0 Å². The summed E-state index contributed by atoms with van der Waals surface area (Å²) in [6.07, 6.45) is 3.39. The number of fused-ring (bicyclic) bond motifs is 2. The van der Waals surface area contributed by atoms with Gasteiger partial charge in [-0.1, -0.05) is 79.6 Å². The van der Waals surface area contributed by atoms with Gasteiger partial charge >= 0.3 is 13.3 Å². The molecule has 2 aliphatic rings. The number of amides is 5. The van der Waals surface area contributed by atoms with Crippen LogP contribution in [0.5, 0.6) is 0 Å². The first-order chi connectivity index (χ1) is 27.1. The molecule has 5 amide bonds. The molecule has 8 N–H and O–H groups in total. The number of nitrogens with zero attached hydrogens (tertiary/aromatic N) is 1. The maximum atomic E-state index is 14.4. The summed E-state index contributed by atoms with van der Waals surface area (Å²) in [5.41, 5.74) is 1.83. The lowest BCUT2D eigenvalue weighted by Gasteiger charge is -2.35. The van der Waals surface area contributed by atoms with Gasteiger partial charge in [0.1, 0.15) is 23.8 Å². The maximum absolute atomic E-state index is 14.4. The van der Waals surface area contributed by atoms with Crippen LogP contribution in [-0.2, 0) is 29.4 Å². The highest BCUT2D eigenvalue weighted by molar-refractivity contribution is 7.52. The molecule has 0 spiro atoms. The number of aromatic amines is 1. The minimum absolute atomic E-state index is 0.00461. The molecule has 0 unspecified atom stereocenters. The maximum Gasteiger partial charge on any atom is 0.399 e. The number of hydrogen-bond donors (Lipinski definition) is 7. The van der Waals surface area contributed by atoms with Crippen LogP contribution in [0.15, 0.2) is 84.9 Å². The van der Waals surface area contributed by atoms with Gasteiger partial charge in [-0.15, -0.1) is 0 Å². The number of nitrogens with one attached hydrogen (secondary N) is 4. The fraction of sp³-hybridized carbons (Fsp3) is 0.375. The molecular formula is C40H45F2N6O8P. The van der Waals surface area contributed by atoms with E-state index in [1.807, 2.05) is 60.7 Å². The van der Waals surface area contributed by atoms with Crippen LogP contribution < -0.4 is 21.7 Å². The molecule has 0 aliphatic carbocycles. The molecule has 0 saturated carbocycles. The number of benzene rings is 3. The molecular weight excluding hydrogens is 761 g/mol. The van der Waals surface area contributed by atoms with Crippen molar-refractivity contribution in [2.45, 2.75) is 93.7 Å². The molecule has 4 atom stereocenters. The third-order valence-corrected chi connectivity index (χ3v) is 11.6. The van der Waals surface area contributed by atoms with Gasteiger partial charge in [-0.25, -0.2) is 0 Å². The average molecular weight is 807 g/mol. The smallest absolute Gasteiger partial charge is 0.370 e. The Bertz CT molecular complexity index is 2120. The molecule has 3 heterocycles. The number of carbonyl (C=O) groups is 5. The van der Waals surface area contributed by atoms with Gasteiger partial charge in [-0.3, -0.25) is 28.5 Å². The number of primary amides is 1. The Morgan fingerprint density at radius 1 is 0.895 bits per heavy atom. The molecule has 2 aliphatic heterocycles. The summed E-state index contributed by atoms with van der Waals surface area (Å²) >= 11 is 0. The Hall–Kier alpha value is -5.44. The van der Waals surface area contributed by atoms with Crippen molar-refractivity contribution >= 4 is 48.0 Å². The van der Waals surface area contributed by atoms with Crippen LogP contribution in [0.25, 0.3) is 10.9 Å². The van der Waals surface area contributed by atoms with Crippen LogP contribution in [-0.4, -0.2) is 73.4 Å². The Morgan fingerprint density at radius 2 is 1.54 bits per heavy atom. The average Bonchev–Trinajstić information content (AvgIpc) is 3.81. The number of aromatic nitrogens is 1. The van der Waals surface area contributed by atoms with Gasteiger partial charge in [-0.2, -0.15) is 8.78 Å². The monoisotopic (exact) mass is 806 g/mol. The predicted molar refractivity (Wildman–Crippen MR) is 205 cm³/mol. The molecule has 57 heavy (non-hydrogen) atoms. The highest BCUT2D eigenvalue weighted by atomic mass is 31.2. The minimum atomic E-state index is -5.82. The molecule has 0 radical (unpaired) electrons. The molecule has 14 nitrogen and oxygen atoms in total. The SMILES string of the molecule is NC(=O)CCC[C@H](NC(=O)[C@@H]1CC[C@@H]2CCCC[C@H](NC(=O)c3cc4cc(C(F)(F)P(=O)(O)O)ccc4[nH]3)C(=O)N21)C(=O)NC(c1ccccc1)c1ccccc1. The lowest BCUT2D eigenvalue weighted by Crippen LogP contribution is -2.58. The number of rotatable bonds is 14. The zero-order valence-electron chi connectivity index (χ0n) is 30.9. The predicted octanol–water partition coefficient (Wildman–Crippen LogP) is 4.47. The third-order valence-electron chi connectivity index (χ3n) is 10.6. The van der Waals surface area contributed by atoms with Crippen molar-refractivity contribution in [3.8, 4) is 0 Å². The van der Waals surface area contributed by atoms with E-state index in [0.717, 1.165) is 29.7 Å². The molecule has 17 heteroatoms. The van der Waals surface area contributed by atoms with Crippen molar-refractivity contribution < 1.29 is 47.1 Å². The van der Waals surface area contributed by atoms with Gasteiger partial charge in [-0.05, 0) is 67.9 Å². The lowest BCUT2D eigenvalue weighted by atomic mass is 9.97. The minimum Gasteiger partial charge on any atom is -0.370 e. The van der Waals surface area contributed by atoms with Crippen molar-refractivity contribution in [3.05, 3.63) is 107 Å². The third kappa shape index (κ3) is 9.41. The fourth-order valence-corrected chi connectivity index (χ4v) is 8.15. The number of halogens is 2. The van der Waals surface area contributed by atoms with E-state index in [0.29, 0.717) is 25.7 Å². The zero-order chi connectivity index (χ0) is 40.9. The van der Waals surface area contributed by atoms with Gasteiger partial charge < -0.3 is 41.4 Å². The first-order valence-electron chi connectivity index (χ1n) is 18.8. The van der Waals surface area contributed by atoms with Gasteiger partial charge in [0.05, 0.1) is 6.04 Å². The molecule has 0 bridgehead atoms. The first-order valence-corrected chi connectivity index (χ1v) is 20.4. The van der Waals surface area contributed by atoms with Gasteiger partial charge in [0, 0.05) is 28.9 Å². The molecule has 6 rings (SSSR count). The van der Waals surface area contributed by atoms with Crippen LogP contribution in [0.2, 0.25) is 0 Å². The van der Waals surface area contributed by atoms with E-state index >= 15 is 0 Å². The van der Waals surface area contributed by atoms with Gasteiger partial charge in [0.2, 0.25) is 23.6 Å². The van der Waals surface area contributed by atoms with Crippen molar-refractivity contribution in [1.29, 1.82) is 0 Å². The van der Waals surface area contributed by atoms with Crippen molar-refractivity contribution in [2.75, 3.05) is 0 Å². The Balaban J connectivity index is 1.19. The summed E-state index contributed by atoms with van der Waals surface area (Å²) in [5.74, 6) is -2.79. The molecule has 3 aromatic carbocycles. The number of H-pyrrole nitrogens is 1. The summed E-state index contributed by atoms with van der Waals surface area (Å²) in [6, 6.07) is 18.9. The number of carbonyl (C=O) groups excluding carboxylic acids is 5. The molecule has 302 valence electrons. The second-order valence-electron chi connectivity index (χ2n) is 14.6. The van der Waals surface area contributed by atoms with Crippen LogP contribution in [0.3, 0.4) is 0 Å². The van der Waals surface area contributed by atoms with Crippen LogP contribution >= 0.6 is 7.60 Å². The van der Waals surface area contributed by atoms with E-state index in [4.69, 9.17) is 15.5 Å². The number of alkyl halides is 2. The van der Waals surface area contributed by atoms with E-state index in [9.17, 15) is 37.3 Å². The molecule has 2 saturated heterocycles. The van der Waals surface area contributed by atoms with Crippen molar-refractivity contribution in [2.24, 2.45) is 5.73 Å². The number of nitrogens with two attached hydrogens (primary N) is 1. The molecule has 2 fully saturated rings. The second kappa shape index (κ2) is 17.4. The number of hydrogen-bond acceptors (Lipinski definition) is 6. The van der Waals surface area contributed by atoms with E-state index in [1.165, 1.54) is 17.0 Å². The van der Waals surface area contributed by atoms with E-state index < -0.39 is 72.5 Å². The summed E-state index contributed by atoms with van der Waals surface area (Å²) < 4.78 is 40.2. The Kier molecular flexibility index (Phi) is 12.6. The second-order valence-corrected chi connectivity index (χ2v) is 16.2. The summed E-state index contributed by atoms with van der Waals surface area (Å²) in [7, 11) is -5.82. The van der Waals surface area contributed by atoms with E-state index in [-0.39, 0.29) is 48.3 Å². The van der Waals surface area contributed by atoms with Crippen LogP contribution in [0, 0.1) is 0 Å². The first kappa shape index (κ1) is 41.2. The Morgan fingerprint density at radius 3 is 2.18 bits per heavy atom. The summed E-state index contributed by atoms with van der Waals surface area (Å²) in [6.45, 7) is 0. The van der Waals surface area contributed by atoms with E-state index in [1.54, 1.807) is 0 Å². The largest absolute Gasteiger partial charge is 0.399 e. The highest BCUT2D eigenvalue weighted by Gasteiger charge is 2.50. The standard InChI is InChI=1S/C40H45F2N6O8P/c41-40(42,57(54,55)56)27-18-20-29-26(22-27)23-32(44-29)37(51)46-31-15-8-7-14-28-19-21-33(48(28)39(31)53)38(52)45-30(16-9-17-34(43)49)36(50)47-35(24-10-3-1-4-11-24)25-12-5-2-6-13-25/h1-6,10-13,18,20,22-23,28,30-31,33,35,44H,7-9,14-17,19,21H2,(H2,43,49)(H,45,52)(H,46,51)(H,47,50)(H2,54,55,56)/t28-,30-,31-,33-/m0/s1. The molecule has 4 aromatic rings.